The first-order valence-electron chi connectivity index (χ1n) is 6.99. The molecule has 0 saturated carbocycles. The predicted molar refractivity (Wildman–Crippen MR) is 96.6 cm³/mol. The second-order valence-electron chi connectivity index (χ2n) is 4.76. The fraction of sp³-hybridized carbons (Fsp3) is 0.200. The normalized spacial score (nSPS) is 12.1. The quantitative estimate of drug-likeness (QED) is 0.649. The molecular formula is C15H14N4O2S3. The molecule has 1 N–H and O–H groups in total. The first-order chi connectivity index (χ1) is 11.7. The number of thioether (sulfide) groups is 2. The van der Waals surface area contributed by atoms with E-state index in [0.29, 0.717) is 11.6 Å². The van der Waals surface area contributed by atoms with Crippen molar-refractivity contribution >= 4 is 46.6 Å². The van der Waals surface area contributed by atoms with Crippen LogP contribution in [0.5, 0.6) is 0 Å². The molecule has 0 aliphatic carbocycles. The maximum Gasteiger partial charge on any atom is 0.243 e. The van der Waals surface area contributed by atoms with Gasteiger partial charge in [0.05, 0.1) is 0 Å². The number of benzene rings is 1. The van der Waals surface area contributed by atoms with Gasteiger partial charge < -0.3 is 9.84 Å². The average molecular weight is 379 g/mol. The molecule has 0 fully saturated rings. The van der Waals surface area contributed by atoms with Crippen molar-refractivity contribution in [3.63, 3.8) is 0 Å². The monoisotopic (exact) mass is 378 g/mol. The number of nitrogens with one attached hydrogen (secondary N) is 1. The molecule has 0 spiro atoms. The third-order valence-electron chi connectivity index (χ3n) is 3.00. The molecule has 3 aromatic rings. The summed E-state index contributed by atoms with van der Waals surface area (Å²) in [4.78, 5) is 12.7. The molecule has 0 radical (unpaired) electrons. The number of carbonyl (C=O) groups is 1. The Morgan fingerprint density at radius 2 is 2.00 bits per heavy atom. The number of aryl methyl sites for hydroxylation is 1. The summed E-state index contributed by atoms with van der Waals surface area (Å²) in [7, 11) is 0. The number of aromatic nitrogens is 3. The van der Waals surface area contributed by atoms with Gasteiger partial charge in [-0.25, -0.2) is 0 Å². The highest BCUT2D eigenvalue weighted by Gasteiger charge is 2.24. The molecule has 1 aromatic carbocycles. The molecule has 1 atom stereocenters. The van der Waals surface area contributed by atoms with E-state index in [9.17, 15) is 4.79 Å². The second kappa shape index (κ2) is 7.82. The van der Waals surface area contributed by atoms with Crippen LogP contribution in [0.15, 0.2) is 49.6 Å². The van der Waals surface area contributed by atoms with E-state index in [1.165, 1.54) is 34.9 Å². The molecule has 2 heterocycles. The lowest BCUT2D eigenvalue weighted by atomic mass is 10.1. The number of rotatable bonds is 6. The topological polar surface area (TPSA) is 80.9 Å². The maximum atomic E-state index is 12.7. The van der Waals surface area contributed by atoms with Gasteiger partial charge in [0, 0.05) is 6.07 Å². The van der Waals surface area contributed by atoms with Gasteiger partial charge in [-0.3, -0.25) is 4.79 Å². The van der Waals surface area contributed by atoms with Crippen LogP contribution in [0.2, 0.25) is 0 Å². The molecule has 1 amide bonds. The van der Waals surface area contributed by atoms with Crippen molar-refractivity contribution in [2.45, 2.75) is 20.9 Å². The van der Waals surface area contributed by atoms with Crippen LogP contribution in [0.4, 0.5) is 5.82 Å². The second-order valence-corrected chi connectivity index (χ2v) is 8.14. The largest absolute Gasteiger partial charge is 0.360 e. The highest BCUT2D eigenvalue weighted by atomic mass is 32.2. The number of carbonyl (C=O) groups excluding carboxylic acids is 1. The Labute approximate surface area is 151 Å². The zero-order valence-corrected chi connectivity index (χ0v) is 15.4. The van der Waals surface area contributed by atoms with Crippen molar-refractivity contribution in [2.24, 2.45) is 0 Å². The zero-order chi connectivity index (χ0) is 16.9. The van der Waals surface area contributed by atoms with Crippen LogP contribution in [0, 0.1) is 6.92 Å². The molecule has 0 aliphatic heterocycles. The summed E-state index contributed by atoms with van der Waals surface area (Å²) in [5, 5.41) is 14.4. The number of hydrogen-bond acceptors (Lipinski definition) is 8. The van der Waals surface area contributed by atoms with Crippen molar-refractivity contribution in [3.05, 3.63) is 47.7 Å². The van der Waals surface area contributed by atoms with Crippen LogP contribution < -0.4 is 5.32 Å². The van der Waals surface area contributed by atoms with Crippen LogP contribution in [-0.4, -0.2) is 27.5 Å². The first-order valence-corrected chi connectivity index (χ1v) is 9.91. The summed E-state index contributed by atoms with van der Waals surface area (Å²) in [6.45, 7) is 1.78. The van der Waals surface area contributed by atoms with E-state index in [1.807, 2.05) is 36.6 Å². The summed E-state index contributed by atoms with van der Waals surface area (Å²) in [6, 6.07) is 11.2. The minimum atomic E-state index is -0.453. The van der Waals surface area contributed by atoms with Crippen LogP contribution >= 0.6 is 34.9 Å². The van der Waals surface area contributed by atoms with E-state index < -0.39 is 5.25 Å². The molecule has 9 heteroatoms. The molecule has 3 rings (SSSR count). The molecular weight excluding hydrogens is 364 g/mol. The minimum Gasteiger partial charge on any atom is -0.360 e. The predicted octanol–water partition coefficient (Wildman–Crippen LogP) is 4.03. The standard InChI is InChI=1S/C15H14N4O2S3/c1-9-8-11(19-21-9)16-13(20)12(10-6-4-3-5-7-10)23-15-18-17-14(22-2)24-15/h3-8,12H,1-2H3,(H,16,19,20). The number of nitrogens with zero attached hydrogens (tertiary/aromatic N) is 3. The van der Waals surface area contributed by atoms with Crippen LogP contribution in [-0.2, 0) is 4.79 Å². The van der Waals surface area contributed by atoms with Crippen molar-refractivity contribution in [3.8, 4) is 0 Å². The molecule has 0 bridgehead atoms. The SMILES string of the molecule is CSc1nnc(SC(C(=O)Nc2cc(C)on2)c2ccccc2)s1. The van der Waals surface area contributed by atoms with E-state index >= 15 is 0 Å². The van der Waals surface area contributed by atoms with Gasteiger partial charge in [0.1, 0.15) is 11.0 Å². The Hall–Kier alpha value is -1.84. The Kier molecular flexibility index (Phi) is 5.54. The Balaban J connectivity index is 1.82. The molecule has 24 heavy (non-hydrogen) atoms. The molecule has 6 nitrogen and oxygen atoms in total. The van der Waals surface area contributed by atoms with Gasteiger partial charge >= 0.3 is 0 Å². The maximum absolute atomic E-state index is 12.7. The smallest absolute Gasteiger partial charge is 0.243 e. The van der Waals surface area contributed by atoms with E-state index in [1.54, 1.807) is 13.0 Å². The van der Waals surface area contributed by atoms with Crippen molar-refractivity contribution in [1.82, 2.24) is 15.4 Å². The average Bonchev–Trinajstić information content (AvgIpc) is 3.22. The van der Waals surface area contributed by atoms with Gasteiger partial charge in [-0.15, -0.1) is 10.2 Å². The highest BCUT2D eigenvalue weighted by molar-refractivity contribution is 8.03. The first kappa shape index (κ1) is 17.0. The Morgan fingerprint density at radius 3 is 2.62 bits per heavy atom. The van der Waals surface area contributed by atoms with Crippen LogP contribution in [0.3, 0.4) is 0 Å². The minimum absolute atomic E-state index is 0.180. The number of amides is 1. The summed E-state index contributed by atoms with van der Waals surface area (Å²) in [5.41, 5.74) is 0.890. The molecule has 124 valence electrons. The Morgan fingerprint density at radius 1 is 1.25 bits per heavy atom. The van der Waals surface area contributed by atoms with Crippen molar-refractivity contribution in [1.29, 1.82) is 0 Å². The highest BCUT2D eigenvalue weighted by Crippen LogP contribution is 2.38. The van der Waals surface area contributed by atoms with Crippen LogP contribution in [0.25, 0.3) is 0 Å². The fourth-order valence-corrected chi connectivity index (χ4v) is 4.58. The lowest BCUT2D eigenvalue weighted by Crippen LogP contribution is -2.19. The summed E-state index contributed by atoms with van der Waals surface area (Å²) < 4.78 is 6.61. The molecule has 0 aliphatic rings. The van der Waals surface area contributed by atoms with Gasteiger partial charge in [-0.05, 0) is 18.7 Å². The lowest BCUT2D eigenvalue weighted by molar-refractivity contribution is -0.115. The van der Waals surface area contributed by atoms with Crippen molar-refractivity contribution < 1.29 is 9.32 Å². The summed E-state index contributed by atoms with van der Waals surface area (Å²) in [6.07, 6.45) is 1.95. The summed E-state index contributed by atoms with van der Waals surface area (Å²) >= 11 is 4.38. The number of anilines is 1. The van der Waals surface area contributed by atoms with Crippen molar-refractivity contribution in [2.75, 3.05) is 11.6 Å². The lowest BCUT2D eigenvalue weighted by Gasteiger charge is -2.14. The van der Waals surface area contributed by atoms with Gasteiger partial charge in [0.15, 0.2) is 14.5 Å². The molecule has 2 aromatic heterocycles. The summed E-state index contributed by atoms with van der Waals surface area (Å²) in [5.74, 6) is 0.865. The van der Waals surface area contributed by atoms with Crippen LogP contribution in [0.1, 0.15) is 16.6 Å². The molecule has 0 saturated heterocycles. The Bertz CT molecular complexity index is 819. The van der Waals surface area contributed by atoms with E-state index in [-0.39, 0.29) is 5.91 Å². The fourth-order valence-electron chi connectivity index (χ4n) is 1.95. The molecule has 1 unspecified atom stereocenters. The van der Waals surface area contributed by atoms with E-state index in [4.69, 9.17) is 4.52 Å². The van der Waals surface area contributed by atoms with E-state index in [2.05, 4.69) is 20.7 Å². The van der Waals surface area contributed by atoms with Gasteiger partial charge in [-0.1, -0.05) is 70.3 Å². The third kappa shape index (κ3) is 4.16. The van der Waals surface area contributed by atoms with Gasteiger partial charge in [0.25, 0.3) is 0 Å². The van der Waals surface area contributed by atoms with E-state index in [0.717, 1.165) is 14.2 Å². The van der Waals surface area contributed by atoms with Gasteiger partial charge in [-0.2, -0.15) is 0 Å². The number of hydrogen-bond donors (Lipinski definition) is 1. The zero-order valence-electron chi connectivity index (χ0n) is 12.9. The van der Waals surface area contributed by atoms with Gasteiger partial charge in [0.2, 0.25) is 5.91 Å². The third-order valence-corrected chi connectivity index (χ3v) is 6.24.